The Morgan fingerprint density at radius 2 is 2.27 bits per heavy atom. The van der Waals surface area contributed by atoms with Gasteiger partial charge in [-0.15, -0.1) is 0 Å². The molecule has 1 N–H and O–H groups in total. The van der Waals surface area contributed by atoms with Gasteiger partial charge in [0.1, 0.15) is 12.0 Å². The number of hydrogen-bond acceptors (Lipinski definition) is 2. The number of phenolic OH excluding ortho intramolecular Hbond substituents is 1. The second-order valence-corrected chi connectivity index (χ2v) is 2.35. The first-order chi connectivity index (χ1) is 5.27. The van der Waals surface area contributed by atoms with E-state index in [2.05, 4.69) is 0 Å². The van der Waals surface area contributed by atoms with E-state index in [0.29, 0.717) is 5.56 Å². The van der Waals surface area contributed by atoms with E-state index in [-0.39, 0.29) is 5.75 Å². The normalized spacial score (nSPS) is 9.18. The summed E-state index contributed by atoms with van der Waals surface area (Å²) in [6.45, 7) is 1.97. The zero-order valence-electron chi connectivity index (χ0n) is 6.37. The number of hydrogen-bond donors (Lipinski definition) is 1. The van der Waals surface area contributed by atoms with E-state index in [1.165, 1.54) is 6.07 Å². The summed E-state index contributed by atoms with van der Waals surface area (Å²) in [5.41, 5.74) is 1.55. The maximum absolute atomic E-state index is 10.4. The zero-order valence-corrected chi connectivity index (χ0v) is 6.37. The summed E-state index contributed by atoms with van der Waals surface area (Å²) in [6.07, 6.45) is 0.762. The second kappa shape index (κ2) is 3.24. The number of carbonyl (C=O) groups excluding carboxylic acids is 1. The minimum Gasteiger partial charge on any atom is -0.508 e. The molecule has 1 aromatic carbocycles. The van der Waals surface area contributed by atoms with E-state index in [9.17, 15) is 4.79 Å². The van der Waals surface area contributed by atoms with Gasteiger partial charge in [0.05, 0.1) is 0 Å². The van der Waals surface area contributed by atoms with Crippen LogP contribution in [0.4, 0.5) is 0 Å². The fraction of sp³-hybridized carbons (Fsp3) is 0.125. The molecule has 56 valence electrons. The van der Waals surface area contributed by atoms with E-state index in [1.807, 2.05) is 6.82 Å². The van der Waals surface area contributed by atoms with Crippen LogP contribution in [0.25, 0.3) is 0 Å². The average Bonchev–Trinajstić information content (AvgIpc) is 2.04. The predicted octanol–water partition coefficient (Wildman–Crippen LogP) is 0.315. The molecule has 0 aliphatic rings. The molecule has 0 saturated carbocycles. The molecule has 3 heteroatoms. The molecule has 0 fully saturated rings. The molecular formula is C8H9BO2. The van der Waals surface area contributed by atoms with Crippen molar-refractivity contribution in [2.45, 2.75) is 6.82 Å². The molecule has 2 nitrogen and oxygen atoms in total. The van der Waals surface area contributed by atoms with Crippen LogP contribution in [-0.4, -0.2) is 18.7 Å². The minimum absolute atomic E-state index is 0.143. The number of carbonyl (C=O) groups is 1. The van der Waals surface area contributed by atoms with E-state index in [4.69, 9.17) is 5.11 Å². The largest absolute Gasteiger partial charge is 0.508 e. The van der Waals surface area contributed by atoms with Gasteiger partial charge in [-0.1, -0.05) is 18.4 Å². The Morgan fingerprint density at radius 3 is 2.82 bits per heavy atom. The van der Waals surface area contributed by atoms with Crippen molar-refractivity contribution in [3.05, 3.63) is 23.8 Å². The molecule has 0 atom stereocenters. The molecule has 0 amide bonds. The molecule has 0 bridgehead atoms. The number of aromatic hydroxyl groups is 1. The van der Waals surface area contributed by atoms with Crippen molar-refractivity contribution >= 4 is 19.0 Å². The highest BCUT2D eigenvalue weighted by molar-refractivity contribution is 6.53. The highest BCUT2D eigenvalue weighted by Crippen LogP contribution is 2.06. The standard InChI is InChI=1S/C8H9BO2/c1-9-8-3-2-7(11)4-6(8)5-10/h2-5,9,11H,1H3. The monoisotopic (exact) mass is 148 g/mol. The summed E-state index contributed by atoms with van der Waals surface area (Å²) in [5, 5.41) is 9.01. The first kappa shape index (κ1) is 7.86. The summed E-state index contributed by atoms with van der Waals surface area (Å²) >= 11 is 0. The van der Waals surface area contributed by atoms with Crippen molar-refractivity contribution < 1.29 is 9.90 Å². The Hall–Kier alpha value is -1.25. The second-order valence-electron chi connectivity index (χ2n) is 2.35. The van der Waals surface area contributed by atoms with Crippen LogP contribution in [0.2, 0.25) is 6.82 Å². The Kier molecular flexibility index (Phi) is 2.31. The van der Waals surface area contributed by atoms with Crippen LogP contribution >= 0.6 is 0 Å². The summed E-state index contributed by atoms with van der Waals surface area (Å²) in [5.74, 6) is 0.143. The van der Waals surface area contributed by atoms with Crippen molar-refractivity contribution in [2.75, 3.05) is 0 Å². The van der Waals surface area contributed by atoms with E-state index in [1.54, 1.807) is 12.1 Å². The molecule has 0 spiro atoms. The lowest BCUT2D eigenvalue weighted by atomic mass is 9.71. The summed E-state index contributed by atoms with van der Waals surface area (Å²) in [7, 11) is 0.814. The Labute approximate surface area is 66.1 Å². The maximum atomic E-state index is 10.4. The molecule has 0 unspecified atom stereocenters. The first-order valence-corrected chi connectivity index (χ1v) is 3.55. The van der Waals surface area contributed by atoms with Crippen LogP contribution in [0.3, 0.4) is 0 Å². The summed E-state index contributed by atoms with van der Waals surface area (Å²) in [4.78, 5) is 10.4. The molecule has 0 heterocycles. The molecule has 0 saturated heterocycles. The fourth-order valence-electron chi connectivity index (χ4n) is 1.01. The Balaban J connectivity index is 3.16. The molecule has 0 aliphatic heterocycles. The number of aldehydes is 1. The summed E-state index contributed by atoms with van der Waals surface area (Å²) in [6, 6.07) is 4.83. The van der Waals surface area contributed by atoms with Crippen LogP contribution < -0.4 is 5.46 Å². The van der Waals surface area contributed by atoms with Gasteiger partial charge in [0.2, 0.25) is 0 Å². The van der Waals surface area contributed by atoms with Crippen LogP contribution in [0.15, 0.2) is 18.2 Å². The van der Waals surface area contributed by atoms with Gasteiger partial charge in [-0.05, 0) is 12.1 Å². The molecule has 1 rings (SSSR count). The smallest absolute Gasteiger partial charge is 0.155 e. The topological polar surface area (TPSA) is 37.3 Å². The van der Waals surface area contributed by atoms with Gasteiger partial charge >= 0.3 is 0 Å². The summed E-state index contributed by atoms with van der Waals surface area (Å²) < 4.78 is 0. The molecular weight excluding hydrogens is 139 g/mol. The van der Waals surface area contributed by atoms with Gasteiger partial charge in [-0.2, -0.15) is 0 Å². The molecule has 11 heavy (non-hydrogen) atoms. The molecule has 0 aliphatic carbocycles. The van der Waals surface area contributed by atoms with Gasteiger partial charge in [-0.25, -0.2) is 0 Å². The zero-order chi connectivity index (χ0) is 8.27. The average molecular weight is 148 g/mol. The predicted molar refractivity (Wildman–Crippen MR) is 46.1 cm³/mol. The lowest BCUT2D eigenvalue weighted by molar-refractivity contribution is 0.112. The van der Waals surface area contributed by atoms with Gasteiger partial charge in [0, 0.05) is 5.56 Å². The Bertz CT molecular complexity index is 271. The van der Waals surface area contributed by atoms with Crippen LogP contribution in [0.1, 0.15) is 10.4 Å². The van der Waals surface area contributed by atoms with E-state index < -0.39 is 0 Å². The third-order valence-corrected chi connectivity index (χ3v) is 1.64. The minimum atomic E-state index is 0.143. The third-order valence-electron chi connectivity index (χ3n) is 1.64. The van der Waals surface area contributed by atoms with Crippen LogP contribution in [-0.2, 0) is 0 Å². The highest BCUT2D eigenvalue weighted by Gasteiger charge is 1.99. The maximum Gasteiger partial charge on any atom is 0.155 e. The van der Waals surface area contributed by atoms with Crippen molar-refractivity contribution in [3.63, 3.8) is 0 Å². The van der Waals surface area contributed by atoms with Crippen molar-refractivity contribution in [2.24, 2.45) is 0 Å². The Morgan fingerprint density at radius 1 is 1.55 bits per heavy atom. The number of benzene rings is 1. The van der Waals surface area contributed by atoms with E-state index in [0.717, 1.165) is 19.0 Å². The number of rotatable bonds is 2. The van der Waals surface area contributed by atoms with Crippen LogP contribution in [0, 0.1) is 0 Å². The fourth-order valence-corrected chi connectivity index (χ4v) is 1.01. The lowest BCUT2D eigenvalue weighted by Crippen LogP contribution is -2.15. The number of phenols is 1. The molecule has 0 radical (unpaired) electrons. The van der Waals surface area contributed by atoms with Gasteiger partial charge in [-0.3, -0.25) is 4.79 Å². The molecule has 0 aromatic heterocycles. The van der Waals surface area contributed by atoms with Crippen molar-refractivity contribution in [1.29, 1.82) is 0 Å². The van der Waals surface area contributed by atoms with Crippen molar-refractivity contribution in [3.8, 4) is 5.75 Å². The lowest BCUT2D eigenvalue weighted by Gasteiger charge is -1.99. The highest BCUT2D eigenvalue weighted by atomic mass is 16.3. The van der Waals surface area contributed by atoms with Gasteiger partial charge in [0.25, 0.3) is 0 Å². The molecule has 1 aromatic rings. The van der Waals surface area contributed by atoms with Crippen molar-refractivity contribution in [1.82, 2.24) is 0 Å². The van der Waals surface area contributed by atoms with E-state index >= 15 is 0 Å². The van der Waals surface area contributed by atoms with Gasteiger partial charge < -0.3 is 5.11 Å². The quantitative estimate of drug-likeness (QED) is 0.484. The van der Waals surface area contributed by atoms with Crippen LogP contribution in [0.5, 0.6) is 5.75 Å². The SMILES string of the molecule is CBc1ccc(O)cc1C=O. The van der Waals surface area contributed by atoms with Gasteiger partial charge in [0.15, 0.2) is 7.28 Å². The third kappa shape index (κ3) is 1.61. The first-order valence-electron chi connectivity index (χ1n) is 3.55.